The smallest absolute Gasteiger partial charge is 0.325 e. The molecule has 3 atom stereocenters. The van der Waals surface area contributed by atoms with E-state index in [0.717, 1.165) is 16.5 Å². The van der Waals surface area contributed by atoms with E-state index < -0.39 is 41.8 Å². The Morgan fingerprint density at radius 3 is 2.41 bits per heavy atom. The number of aliphatic carboxylic acids is 1. The molecule has 3 aromatic rings. The number of aromatic amines is 2. The summed E-state index contributed by atoms with van der Waals surface area (Å²) in [5.41, 5.74) is 7.65. The van der Waals surface area contributed by atoms with Crippen LogP contribution in [0, 0.1) is 0 Å². The third-order valence-electron chi connectivity index (χ3n) is 5.28. The summed E-state index contributed by atoms with van der Waals surface area (Å²) in [7, 11) is 0. The second-order valence-corrected chi connectivity index (χ2v) is 7.80. The van der Waals surface area contributed by atoms with Crippen LogP contribution in [0.1, 0.15) is 18.2 Å². The van der Waals surface area contributed by atoms with Crippen LogP contribution in [0.25, 0.3) is 10.9 Å². The van der Waals surface area contributed by atoms with Crippen LogP contribution in [0.15, 0.2) is 43.0 Å². The molecule has 8 N–H and O–H groups in total. The van der Waals surface area contributed by atoms with Gasteiger partial charge in [-0.05, 0) is 18.6 Å². The number of aromatic nitrogens is 3. The average molecular weight is 470 g/mol. The van der Waals surface area contributed by atoms with Crippen molar-refractivity contribution >= 4 is 34.6 Å². The maximum absolute atomic E-state index is 13.2. The summed E-state index contributed by atoms with van der Waals surface area (Å²) >= 11 is 0. The van der Waals surface area contributed by atoms with Crippen molar-refractivity contribution in [2.45, 2.75) is 37.9 Å². The van der Waals surface area contributed by atoms with Crippen LogP contribution in [-0.4, -0.2) is 68.4 Å². The highest BCUT2D eigenvalue weighted by molar-refractivity contribution is 5.94. The second kappa shape index (κ2) is 11.1. The fourth-order valence-corrected chi connectivity index (χ4v) is 3.46. The summed E-state index contributed by atoms with van der Waals surface area (Å²) in [6.45, 7) is 1.00. The van der Waals surface area contributed by atoms with Crippen molar-refractivity contribution < 1.29 is 24.3 Å². The van der Waals surface area contributed by atoms with Crippen LogP contribution in [0.5, 0.6) is 0 Å². The Balaban J connectivity index is 1.81. The molecule has 12 nitrogen and oxygen atoms in total. The zero-order valence-corrected chi connectivity index (χ0v) is 18.5. The Bertz CT molecular complexity index is 1160. The number of hydrogen-bond donors (Lipinski definition) is 7. The van der Waals surface area contributed by atoms with Crippen molar-refractivity contribution in [2.75, 3.05) is 6.54 Å². The van der Waals surface area contributed by atoms with Gasteiger partial charge in [0.2, 0.25) is 17.7 Å². The number of carboxylic acids is 1. The predicted molar refractivity (Wildman–Crippen MR) is 122 cm³/mol. The molecular weight excluding hydrogens is 442 g/mol. The number of hydrogen-bond acceptors (Lipinski definition) is 6. The van der Waals surface area contributed by atoms with E-state index in [1.54, 1.807) is 6.20 Å². The number of carboxylic acid groups (broad SMARTS) is 1. The van der Waals surface area contributed by atoms with Crippen molar-refractivity contribution in [1.29, 1.82) is 0 Å². The number of imidazole rings is 1. The molecule has 0 spiro atoms. The van der Waals surface area contributed by atoms with E-state index in [1.807, 2.05) is 24.3 Å². The van der Waals surface area contributed by atoms with Gasteiger partial charge >= 0.3 is 5.97 Å². The Kier molecular flexibility index (Phi) is 7.98. The molecule has 2 aromatic heterocycles. The molecule has 0 aliphatic rings. The topological polar surface area (TPSA) is 195 Å². The molecule has 12 heteroatoms. The predicted octanol–water partition coefficient (Wildman–Crippen LogP) is -0.806. The van der Waals surface area contributed by atoms with Crippen molar-refractivity contribution in [1.82, 2.24) is 30.9 Å². The first-order chi connectivity index (χ1) is 16.3. The van der Waals surface area contributed by atoms with Gasteiger partial charge in [-0.25, -0.2) is 4.98 Å². The molecular formula is C22H27N7O5. The zero-order valence-electron chi connectivity index (χ0n) is 18.5. The van der Waals surface area contributed by atoms with Crippen LogP contribution in [0.4, 0.5) is 0 Å². The summed E-state index contributed by atoms with van der Waals surface area (Å²) in [5.74, 6) is -3.05. The van der Waals surface area contributed by atoms with Gasteiger partial charge in [-0.3, -0.25) is 19.2 Å². The molecule has 3 unspecified atom stereocenters. The van der Waals surface area contributed by atoms with Crippen molar-refractivity contribution in [3.8, 4) is 0 Å². The number of para-hydroxylation sites is 1. The molecule has 0 aliphatic carbocycles. The number of benzene rings is 1. The summed E-state index contributed by atoms with van der Waals surface area (Å²) in [6, 6.07) is 4.22. The van der Waals surface area contributed by atoms with E-state index in [1.165, 1.54) is 19.4 Å². The minimum absolute atomic E-state index is 0.0363. The molecule has 0 radical (unpaired) electrons. The highest BCUT2D eigenvalue weighted by Crippen LogP contribution is 2.19. The minimum atomic E-state index is -1.22. The normalized spacial score (nSPS) is 13.6. The van der Waals surface area contributed by atoms with Gasteiger partial charge in [0.25, 0.3) is 0 Å². The number of nitrogens with one attached hydrogen (secondary N) is 5. The summed E-state index contributed by atoms with van der Waals surface area (Å²) in [4.78, 5) is 59.1. The lowest BCUT2D eigenvalue weighted by molar-refractivity contribution is -0.141. The maximum atomic E-state index is 13.2. The Hall–Kier alpha value is -4.19. The lowest BCUT2D eigenvalue weighted by Gasteiger charge is -2.23. The average Bonchev–Trinajstić information content (AvgIpc) is 3.48. The number of amides is 3. The number of fused-ring (bicyclic) bond motifs is 1. The van der Waals surface area contributed by atoms with Crippen molar-refractivity contribution in [3.05, 3.63) is 54.2 Å². The molecule has 180 valence electrons. The molecule has 0 bridgehead atoms. The summed E-state index contributed by atoms with van der Waals surface area (Å²) in [6.07, 6.45) is 4.85. The molecule has 0 fully saturated rings. The SMILES string of the molecule is CC(NC(=O)C(Cc1cnc[nH]1)NC(=O)C(Cc1c[nH]c2ccccc12)NC(=O)CN)C(=O)O. The van der Waals surface area contributed by atoms with E-state index in [9.17, 15) is 19.2 Å². The van der Waals surface area contributed by atoms with Crippen LogP contribution in [-0.2, 0) is 32.0 Å². The Morgan fingerprint density at radius 2 is 1.74 bits per heavy atom. The third-order valence-corrected chi connectivity index (χ3v) is 5.28. The fraction of sp³-hybridized carbons (Fsp3) is 0.318. The molecule has 3 rings (SSSR count). The number of H-pyrrole nitrogens is 2. The number of nitrogens with zero attached hydrogens (tertiary/aromatic N) is 1. The van der Waals surface area contributed by atoms with Crippen LogP contribution < -0.4 is 21.7 Å². The van der Waals surface area contributed by atoms with Gasteiger partial charge < -0.3 is 36.8 Å². The monoisotopic (exact) mass is 469 g/mol. The summed E-state index contributed by atoms with van der Waals surface area (Å²) in [5, 5.41) is 17.6. The molecule has 34 heavy (non-hydrogen) atoms. The summed E-state index contributed by atoms with van der Waals surface area (Å²) < 4.78 is 0. The largest absolute Gasteiger partial charge is 0.480 e. The fourth-order valence-electron chi connectivity index (χ4n) is 3.46. The minimum Gasteiger partial charge on any atom is -0.480 e. The number of carbonyl (C=O) groups excluding carboxylic acids is 3. The maximum Gasteiger partial charge on any atom is 0.325 e. The quantitative estimate of drug-likeness (QED) is 0.191. The van der Waals surface area contributed by atoms with Crippen molar-refractivity contribution in [2.24, 2.45) is 5.73 Å². The molecule has 2 heterocycles. The first-order valence-electron chi connectivity index (χ1n) is 10.6. The molecule has 0 aliphatic heterocycles. The van der Waals surface area contributed by atoms with Crippen LogP contribution in [0.3, 0.4) is 0 Å². The van der Waals surface area contributed by atoms with Gasteiger partial charge in [-0.2, -0.15) is 0 Å². The number of nitrogens with two attached hydrogens (primary N) is 1. The Morgan fingerprint density at radius 1 is 1.03 bits per heavy atom. The lowest BCUT2D eigenvalue weighted by atomic mass is 10.0. The van der Waals surface area contributed by atoms with Crippen LogP contribution in [0.2, 0.25) is 0 Å². The molecule has 3 amide bonds. The number of carbonyl (C=O) groups is 4. The second-order valence-electron chi connectivity index (χ2n) is 7.80. The van der Waals surface area contributed by atoms with E-state index >= 15 is 0 Å². The van der Waals surface area contributed by atoms with Gasteiger partial charge in [0.1, 0.15) is 18.1 Å². The van der Waals surface area contributed by atoms with Gasteiger partial charge in [0.15, 0.2) is 0 Å². The first kappa shape index (κ1) is 24.5. The van der Waals surface area contributed by atoms with Crippen LogP contribution >= 0.6 is 0 Å². The highest BCUT2D eigenvalue weighted by Gasteiger charge is 2.29. The first-order valence-corrected chi connectivity index (χ1v) is 10.6. The molecule has 0 saturated carbocycles. The van der Waals surface area contributed by atoms with Gasteiger partial charge in [-0.15, -0.1) is 0 Å². The van der Waals surface area contributed by atoms with E-state index in [-0.39, 0.29) is 19.4 Å². The zero-order chi connectivity index (χ0) is 24.7. The Labute approximate surface area is 194 Å². The lowest BCUT2D eigenvalue weighted by Crippen LogP contribution is -2.57. The molecule has 0 saturated heterocycles. The van der Waals surface area contributed by atoms with E-state index in [4.69, 9.17) is 10.8 Å². The highest BCUT2D eigenvalue weighted by atomic mass is 16.4. The van der Waals surface area contributed by atoms with Crippen molar-refractivity contribution in [3.63, 3.8) is 0 Å². The molecule has 1 aromatic carbocycles. The van der Waals surface area contributed by atoms with Gasteiger partial charge in [0.05, 0.1) is 12.9 Å². The standard InChI is InChI=1S/C22H27N7O5/c1-12(22(33)34)27-20(31)18(7-14-10-24-11-26-14)29-21(32)17(28-19(30)8-23)6-13-9-25-16-5-3-2-4-15(13)16/h2-5,9-12,17-18,25H,6-8,23H2,1H3,(H,24,26)(H,27,31)(H,28,30)(H,29,32)(H,33,34). The van der Waals surface area contributed by atoms with E-state index in [0.29, 0.717) is 5.69 Å². The van der Waals surface area contributed by atoms with Gasteiger partial charge in [-0.1, -0.05) is 18.2 Å². The van der Waals surface area contributed by atoms with E-state index in [2.05, 4.69) is 30.9 Å². The number of rotatable bonds is 11. The third kappa shape index (κ3) is 6.19. The van der Waals surface area contributed by atoms with Gasteiger partial charge in [0, 0.05) is 41.8 Å².